The van der Waals surface area contributed by atoms with Crippen LogP contribution >= 0.6 is 0 Å². The van der Waals surface area contributed by atoms with Crippen LogP contribution in [-0.2, 0) is 0 Å². The highest BCUT2D eigenvalue weighted by atomic mass is 16.5. The first kappa shape index (κ1) is 13.0. The number of aromatic nitrogens is 1. The summed E-state index contributed by atoms with van der Waals surface area (Å²) in [5, 5.41) is 0.853. The number of ether oxygens (including phenoxy) is 1. The molecule has 0 fully saturated rings. The van der Waals surface area contributed by atoms with Crippen molar-refractivity contribution in [1.82, 2.24) is 4.98 Å². The average Bonchev–Trinajstić information content (AvgIpc) is 2.42. The summed E-state index contributed by atoms with van der Waals surface area (Å²) in [6.45, 7) is 1.85. The Morgan fingerprint density at radius 1 is 1.14 bits per heavy atom. The molecule has 21 heavy (non-hydrogen) atoms. The summed E-state index contributed by atoms with van der Waals surface area (Å²) < 4.78 is 10.8. The molecule has 0 atom stereocenters. The largest absolute Gasteiger partial charge is 0.439 e. The average molecular weight is 283 g/mol. The summed E-state index contributed by atoms with van der Waals surface area (Å²) in [7, 11) is 0. The van der Waals surface area contributed by atoms with Gasteiger partial charge >= 0.3 is 5.63 Å². The van der Waals surface area contributed by atoms with Crippen molar-refractivity contribution in [3.8, 4) is 11.6 Å². The number of anilines is 2. The highest BCUT2D eigenvalue weighted by molar-refractivity contribution is 5.81. The van der Waals surface area contributed by atoms with E-state index in [0.717, 1.165) is 10.9 Å². The Morgan fingerprint density at radius 3 is 2.71 bits per heavy atom. The molecule has 2 heterocycles. The van der Waals surface area contributed by atoms with Crippen LogP contribution in [0.25, 0.3) is 11.0 Å². The summed E-state index contributed by atoms with van der Waals surface area (Å²) in [6, 6.07) is 9.90. The Balaban J connectivity index is 2.01. The highest BCUT2D eigenvalue weighted by Crippen LogP contribution is 2.26. The molecule has 3 aromatic rings. The van der Waals surface area contributed by atoms with Crippen molar-refractivity contribution in [2.24, 2.45) is 0 Å². The molecule has 0 radical (unpaired) electrons. The molecule has 0 aliphatic rings. The third kappa shape index (κ3) is 2.51. The molecular weight excluding hydrogens is 270 g/mol. The fourth-order valence-electron chi connectivity index (χ4n) is 2.01. The Morgan fingerprint density at radius 2 is 1.95 bits per heavy atom. The van der Waals surface area contributed by atoms with Crippen LogP contribution in [-0.4, -0.2) is 4.98 Å². The molecule has 0 bridgehead atoms. The number of aryl methyl sites for hydroxylation is 1. The normalized spacial score (nSPS) is 10.7. The van der Waals surface area contributed by atoms with Crippen molar-refractivity contribution >= 4 is 22.5 Å². The topological polar surface area (TPSA) is 104 Å². The lowest BCUT2D eigenvalue weighted by Gasteiger charge is -2.07. The molecule has 0 saturated carbocycles. The lowest BCUT2D eigenvalue weighted by Crippen LogP contribution is -1.99. The number of fused-ring (bicyclic) bond motifs is 1. The van der Waals surface area contributed by atoms with Gasteiger partial charge in [-0.15, -0.1) is 0 Å². The Labute approximate surface area is 120 Å². The predicted molar refractivity (Wildman–Crippen MR) is 80.4 cm³/mol. The molecular formula is C15H13N3O3. The fraction of sp³-hybridized carbons (Fsp3) is 0.0667. The molecule has 4 N–H and O–H groups in total. The third-order valence-electron chi connectivity index (χ3n) is 3.08. The summed E-state index contributed by atoms with van der Waals surface area (Å²) in [4.78, 5) is 15.4. The maximum atomic E-state index is 11.4. The number of hydrogen-bond donors (Lipinski definition) is 2. The van der Waals surface area contributed by atoms with Gasteiger partial charge in [-0.05, 0) is 30.7 Å². The number of pyridine rings is 1. The Kier molecular flexibility index (Phi) is 2.98. The van der Waals surface area contributed by atoms with E-state index in [2.05, 4.69) is 4.98 Å². The van der Waals surface area contributed by atoms with Crippen LogP contribution in [0.5, 0.6) is 11.6 Å². The SMILES string of the molecule is Cc1cc(=O)oc2cc(Oc3ccc(N)c(N)n3)ccc12. The number of hydrogen-bond acceptors (Lipinski definition) is 6. The van der Waals surface area contributed by atoms with Crippen molar-refractivity contribution in [1.29, 1.82) is 0 Å². The molecule has 3 rings (SSSR count). The quantitative estimate of drug-likeness (QED) is 0.700. The predicted octanol–water partition coefficient (Wildman–Crippen LogP) is 2.45. The molecule has 1 aromatic carbocycles. The van der Waals surface area contributed by atoms with Crippen LogP contribution in [0, 0.1) is 6.92 Å². The van der Waals surface area contributed by atoms with Crippen molar-refractivity contribution in [3.05, 3.63) is 52.4 Å². The van der Waals surface area contributed by atoms with E-state index in [1.165, 1.54) is 6.07 Å². The van der Waals surface area contributed by atoms with Gasteiger partial charge in [0.2, 0.25) is 5.88 Å². The van der Waals surface area contributed by atoms with Crippen LogP contribution in [0.3, 0.4) is 0 Å². The van der Waals surface area contributed by atoms with Crippen LogP contribution in [0.4, 0.5) is 11.5 Å². The van der Waals surface area contributed by atoms with Gasteiger partial charge in [0.05, 0.1) is 5.69 Å². The summed E-state index contributed by atoms with van der Waals surface area (Å²) in [6.07, 6.45) is 0. The van der Waals surface area contributed by atoms with Crippen molar-refractivity contribution < 1.29 is 9.15 Å². The van der Waals surface area contributed by atoms with E-state index in [-0.39, 0.29) is 5.82 Å². The van der Waals surface area contributed by atoms with E-state index in [1.54, 1.807) is 24.3 Å². The highest BCUT2D eigenvalue weighted by Gasteiger charge is 2.06. The first-order chi connectivity index (χ1) is 10.0. The monoisotopic (exact) mass is 283 g/mol. The smallest absolute Gasteiger partial charge is 0.336 e. The standard InChI is InChI=1S/C15H13N3O3/c1-8-6-14(19)21-12-7-9(2-3-10(8)12)20-13-5-4-11(16)15(17)18-13/h2-7H,16H2,1H3,(H2,17,18). The molecule has 0 saturated heterocycles. The minimum atomic E-state index is -0.396. The lowest BCUT2D eigenvalue weighted by molar-refractivity contribution is 0.462. The minimum Gasteiger partial charge on any atom is -0.439 e. The van der Waals surface area contributed by atoms with Crippen LogP contribution in [0.1, 0.15) is 5.56 Å². The van der Waals surface area contributed by atoms with Gasteiger partial charge < -0.3 is 20.6 Å². The molecule has 2 aromatic heterocycles. The molecule has 0 amide bonds. The van der Waals surface area contributed by atoms with E-state index in [0.29, 0.717) is 22.9 Å². The lowest BCUT2D eigenvalue weighted by atomic mass is 10.1. The Hall–Kier alpha value is -3.02. The molecule has 6 nitrogen and oxygen atoms in total. The van der Waals surface area contributed by atoms with Gasteiger partial charge in [-0.3, -0.25) is 0 Å². The maximum Gasteiger partial charge on any atom is 0.336 e. The Bertz CT molecular complexity index is 887. The molecule has 0 unspecified atom stereocenters. The van der Waals surface area contributed by atoms with Gasteiger partial charge in [-0.1, -0.05) is 0 Å². The van der Waals surface area contributed by atoms with Gasteiger partial charge in [0.15, 0.2) is 5.82 Å². The summed E-state index contributed by atoms with van der Waals surface area (Å²) in [5.74, 6) is 1.01. The van der Waals surface area contributed by atoms with E-state index in [1.807, 2.05) is 13.0 Å². The van der Waals surface area contributed by atoms with E-state index in [9.17, 15) is 4.79 Å². The molecule has 0 aliphatic heterocycles. The first-order valence-electron chi connectivity index (χ1n) is 6.27. The second-order valence-electron chi connectivity index (χ2n) is 4.63. The third-order valence-corrected chi connectivity index (χ3v) is 3.08. The second-order valence-corrected chi connectivity index (χ2v) is 4.63. The summed E-state index contributed by atoms with van der Waals surface area (Å²) >= 11 is 0. The second kappa shape index (κ2) is 4.82. The van der Waals surface area contributed by atoms with E-state index < -0.39 is 5.63 Å². The minimum absolute atomic E-state index is 0.204. The van der Waals surface area contributed by atoms with E-state index in [4.69, 9.17) is 20.6 Å². The summed E-state index contributed by atoms with van der Waals surface area (Å²) in [5.41, 5.74) is 12.5. The zero-order chi connectivity index (χ0) is 15.0. The number of nitrogen functional groups attached to an aromatic ring is 2. The van der Waals surface area contributed by atoms with E-state index >= 15 is 0 Å². The molecule has 6 heteroatoms. The zero-order valence-corrected chi connectivity index (χ0v) is 11.3. The van der Waals surface area contributed by atoms with Crippen LogP contribution in [0.15, 0.2) is 45.6 Å². The molecule has 0 aliphatic carbocycles. The van der Waals surface area contributed by atoms with Gasteiger partial charge in [-0.2, -0.15) is 4.98 Å². The van der Waals surface area contributed by atoms with Crippen LogP contribution in [0.2, 0.25) is 0 Å². The maximum absolute atomic E-state index is 11.4. The van der Waals surface area contributed by atoms with Crippen molar-refractivity contribution in [2.75, 3.05) is 11.5 Å². The number of nitrogens with zero attached hydrogens (tertiary/aromatic N) is 1. The van der Waals surface area contributed by atoms with Gasteiger partial charge in [-0.25, -0.2) is 4.79 Å². The molecule has 106 valence electrons. The van der Waals surface area contributed by atoms with Crippen LogP contribution < -0.4 is 21.8 Å². The van der Waals surface area contributed by atoms with Gasteiger partial charge in [0.1, 0.15) is 11.3 Å². The van der Waals surface area contributed by atoms with Gasteiger partial charge in [0, 0.05) is 23.6 Å². The fourth-order valence-corrected chi connectivity index (χ4v) is 2.01. The zero-order valence-electron chi connectivity index (χ0n) is 11.3. The number of nitrogens with two attached hydrogens (primary N) is 2. The number of benzene rings is 1. The van der Waals surface area contributed by atoms with Crippen molar-refractivity contribution in [2.45, 2.75) is 6.92 Å². The van der Waals surface area contributed by atoms with Crippen molar-refractivity contribution in [3.63, 3.8) is 0 Å². The first-order valence-corrected chi connectivity index (χ1v) is 6.27. The molecule has 0 spiro atoms. The number of rotatable bonds is 2. The van der Waals surface area contributed by atoms with Gasteiger partial charge in [0.25, 0.3) is 0 Å².